The fourth-order valence-corrected chi connectivity index (χ4v) is 3.15. The molecule has 3 nitrogen and oxygen atoms in total. The second kappa shape index (κ2) is 5.91. The van der Waals surface area contributed by atoms with Gasteiger partial charge in [0.1, 0.15) is 5.82 Å². The second-order valence-electron chi connectivity index (χ2n) is 6.20. The molecule has 22 heavy (non-hydrogen) atoms. The summed E-state index contributed by atoms with van der Waals surface area (Å²) in [6, 6.07) is 4.00. The SMILES string of the molecule is O=C(NC1CC(F)(F)C1)c1cc(C2CCNCC2)ccc1F. The van der Waals surface area contributed by atoms with Crippen LogP contribution in [0.5, 0.6) is 0 Å². The Balaban J connectivity index is 1.70. The van der Waals surface area contributed by atoms with Gasteiger partial charge in [0, 0.05) is 18.9 Å². The van der Waals surface area contributed by atoms with Crippen LogP contribution in [0.25, 0.3) is 0 Å². The van der Waals surface area contributed by atoms with E-state index in [9.17, 15) is 18.0 Å². The molecular formula is C16H19F3N2O. The highest BCUT2D eigenvalue weighted by Crippen LogP contribution is 2.37. The van der Waals surface area contributed by atoms with Crippen molar-refractivity contribution in [3.63, 3.8) is 0 Å². The molecule has 3 rings (SSSR count). The van der Waals surface area contributed by atoms with Gasteiger partial charge in [-0.25, -0.2) is 13.2 Å². The number of hydrogen-bond donors (Lipinski definition) is 2. The Morgan fingerprint density at radius 3 is 2.55 bits per heavy atom. The first-order valence-corrected chi connectivity index (χ1v) is 7.63. The van der Waals surface area contributed by atoms with Gasteiger partial charge in [0.2, 0.25) is 0 Å². The smallest absolute Gasteiger partial charge is 0.254 e. The van der Waals surface area contributed by atoms with Gasteiger partial charge >= 0.3 is 0 Å². The van der Waals surface area contributed by atoms with Crippen molar-refractivity contribution >= 4 is 5.91 Å². The van der Waals surface area contributed by atoms with Crippen molar-refractivity contribution in [2.45, 2.75) is 43.6 Å². The van der Waals surface area contributed by atoms with E-state index in [-0.39, 0.29) is 18.4 Å². The average Bonchev–Trinajstić information content (AvgIpc) is 2.46. The molecule has 1 saturated heterocycles. The third kappa shape index (κ3) is 3.27. The van der Waals surface area contributed by atoms with Gasteiger partial charge in [-0.05, 0) is 49.5 Å². The lowest BCUT2D eigenvalue weighted by atomic mass is 9.87. The molecule has 0 atom stereocenters. The lowest BCUT2D eigenvalue weighted by Gasteiger charge is -2.35. The van der Waals surface area contributed by atoms with Crippen LogP contribution in [0, 0.1) is 5.82 Å². The maximum atomic E-state index is 13.9. The molecule has 0 aromatic heterocycles. The lowest BCUT2D eigenvalue weighted by Crippen LogP contribution is -2.50. The van der Waals surface area contributed by atoms with Gasteiger partial charge in [0.15, 0.2) is 0 Å². The first-order valence-electron chi connectivity index (χ1n) is 7.63. The summed E-state index contributed by atoms with van der Waals surface area (Å²) in [4.78, 5) is 12.1. The molecule has 0 radical (unpaired) electrons. The van der Waals surface area contributed by atoms with Crippen LogP contribution in [0.3, 0.4) is 0 Å². The third-order valence-corrected chi connectivity index (χ3v) is 4.47. The minimum atomic E-state index is -2.70. The van der Waals surface area contributed by atoms with Crippen LogP contribution in [-0.2, 0) is 0 Å². The summed E-state index contributed by atoms with van der Waals surface area (Å²) in [6.45, 7) is 1.81. The van der Waals surface area contributed by atoms with Gasteiger partial charge in [-0.1, -0.05) is 6.07 Å². The first kappa shape index (κ1) is 15.3. The van der Waals surface area contributed by atoms with E-state index in [1.165, 1.54) is 6.07 Å². The quantitative estimate of drug-likeness (QED) is 0.901. The lowest BCUT2D eigenvalue weighted by molar-refractivity contribution is -0.0901. The highest BCUT2D eigenvalue weighted by molar-refractivity contribution is 5.95. The second-order valence-corrected chi connectivity index (χ2v) is 6.20. The zero-order valence-corrected chi connectivity index (χ0v) is 12.2. The van der Waals surface area contributed by atoms with Crippen LogP contribution in [0.4, 0.5) is 13.2 Å². The van der Waals surface area contributed by atoms with E-state index in [0.29, 0.717) is 5.92 Å². The molecule has 120 valence electrons. The summed E-state index contributed by atoms with van der Waals surface area (Å²) in [5.41, 5.74) is 0.887. The minimum absolute atomic E-state index is 0.0498. The third-order valence-electron chi connectivity index (χ3n) is 4.47. The fourth-order valence-electron chi connectivity index (χ4n) is 3.15. The van der Waals surface area contributed by atoms with Crippen molar-refractivity contribution in [2.24, 2.45) is 0 Å². The van der Waals surface area contributed by atoms with Crippen LogP contribution in [0.15, 0.2) is 18.2 Å². The highest BCUT2D eigenvalue weighted by atomic mass is 19.3. The Morgan fingerprint density at radius 1 is 1.23 bits per heavy atom. The van der Waals surface area contributed by atoms with Crippen LogP contribution in [-0.4, -0.2) is 31.0 Å². The molecular weight excluding hydrogens is 293 g/mol. The fraction of sp³-hybridized carbons (Fsp3) is 0.562. The molecule has 6 heteroatoms. The topological polar surface area (TPSA) is 41.1 Å². The van der Waals surface area contributed by atoms with Gasteiger partial charge in [-0.2, -0.15) is 0 Å². The number of hydrogen-bond acceptors (Lipinski definition) is 2. The van der Waals surface area contributed by atoms with E-state index in [4.69, 9.17) is 0 Å². The number of benzene rings is 1. The molecule has 1 aliphatic carbocycles. The highest BCUT2D eigenvalue weighted by Gasteiger charge is 2.46. The molecule has 2 fully saturated rings. The number of rotatable bonds is 3. The number of halogens is 3. The Labute approximate surface area is 127 Å². The molecule has 1 aromatic rings. The number of nitrogens with one attached hydrogen (secondary N) is 2. The van der Waals surface area contributed by atoms with Crippen LogP contribution < -0.4 is 10.6 Å². The molecule has 1 heterocycles. The van der Waals surface area contributed by atoms with Crippen LogP contribution in [0.2, 0.25) is 0 Å². The van der Waals surface area contributed by atoms with Gasteiger partial charge < -0.3 is 10.6 Å². The molecule has 0 spiro atoms. The largest absolute Gasteiger partial charge is 0.349 e. The maximum Gasteiger partial charge on any atom is 0.254 e. The van der Waals surface area contributed by atoms with Gasteiger partial charge in [0.05, 0.1) is 5.56 Å². The average molecular weight is 312 g/mol. The number of piperidine rings is 1. The van der Waals surface area contributed by atoms with E-state index in [0.717, 1.165) is 31.5 Å². The molecule has 1 aromatic carbocycles. The van der Waals surface area contributed by atoms with Crippen molar-refractivity contribution < 1.29 is 18.0 Å². The van der Waals surface area contributed by atoms with Gasteiger partial charge in [-0.15, -0.1) is 0 Å². The monoisotopic (exact) mass is 312 g/mol. The molecule has 0 bridgehead atoms. The summed E-state index contributed by atoms with van der Waals surface area (Å²) in [7, 11) is 0. The zero-order valence-electron chi connectivity index (χ0n) is 12.2. The number of amides is 1. The van der Waals surface area contributed by atoms with E-state index >= 15 is 0 Å². The molecule has 1 amide bonds. The van der Waals surface area contributed by atoms with E-state index < -0.39 is 23.7 Å². The molecule has 2 aliphatic rings. The van der Waals surface area contributed by atoms with Crippen molar-refractivity contribution in [3.8, 4) is 0 Å². The van der Waals surface area contributed by atoms with Gasteiger partial charge in [0.25, 0.3) is 11.8 Å². The summed E-state index contributed by atoms with van der Waals surface area (Å²) >= 11 is 0. The predicted molar refractivity (Wildman–Crippen MR) is 76.7 cm³/mol. The van der Waals surface area contributed by atoms with Crippen molar-refractivity contribution in [1.29, 1.82) is 0 Å². The number of carbonyl (C=O) groups excluding carboxylic acids is 1. The Bertz CT molecular complexity index is 563. The number of carbonyl (C=O) groups is 1. The van der Waals surface area contributed by atoms with Crippen molar-refractivity contribution in [1.82, 2.24) is 10.6 Å². The minimum Gasteiger partial charge on any atom is -0.349 e. The Hall–Kier alpha value is -1.56. The summed E-state index contributed by atoms with van der Waals surface area (Å²) in [6.07, 6.45) is 1.16. The van der Waals surface area contributed by atoms with E-state index in [2.05, 4.69) is 10.6 Å². The molecule has 1 aliphatic heterocycles. The normalized spacial score (nSPS) is 22.1. The first-order chi connectivity index (χ1) is 10.4. The summed E-state index contributed by atoms with van der Waals surface area (Å²) < 4.78 is 39.5. The summed E-state index contributed by atoms with van der Waals surface area (Å²) in [5.74, 6) is -3.61. The molecule has 0 unspecified atom stereocenters. The van der Waals surface area contributed by atoms with Crippen LogP contribution in [0.1, 0.15) is 47.5 Å². The van der Waals surface area contributed by atoms with Gasteiger partial charge in [-0.3, -0.25) is 4.79 Å². The van der Waals surface area contributed by atoms with Crippen molar-refractivity contribution in [2.75, 3.05) is 13.1 Å². The molecule has 2 N–H and O–H groups in total. The van der Waals surface area contributed by atoms with E-state index in [1.54, 1.807) is 12.1 Å². The van der Waals surface area contributed by atoms with Crippen LogP contribution >= 0.6 is 0 Å². The van der Waals surface area contributed by atoms with Crippen molar-refractivity contribution in [3.05, 3.63) is 35.1 Å². The standard InChI is InChI=1S/C16H19F3N2O/c17-14-2-1-11(10-3-5-20-6-4-10)7-13(14)15(22)21-12-8-16(18,19)9-12/h1-2,7,10,12,20H,3-6,8-9H2,(H,21,22). The Morgan fingerprint density at radius 2 is 1.91 bits per heavy atom. The predicted octanol–water partition coefficient (Wildman–Crippen LogP) is 2.82. The number of alkyl halides is 2. The summed E-state index contributed by atoms with van der Waals surface area (Å²) in [5, 5.41) is 5.75. The zero-order chi connectivity index (χ0) is 15.7. The maximum absolute atomic E-state index is 13.9. The molecule has 1 saturated carbocycles. The Kier molecular flexibility index (Phi) is 4.12. The van der Waals surface area contributed by atoms with E-state index in [1.807, 2.05) is 0 Å².